The normalized spacial score (nSPS) is 15.0. The van der Waals surface area contributed by atoms with Crippen LogP contribution >= 0.6 is 12.4 Å². The highest BCUT2D eigenvalue weighted by molar-refractivity contribution is 7.92. The Balaban J connectivity index is 0.00000272. The van der Waals surface area contributed by atoms with Gasteiger partial charge in [0.1, 0.15) is 11.6 Å². The van der Waals surface area contributed by atoms with Gasteiger partial charge in [-0.05, 0) is 50.4 Å². The van der Waals surface area contributed by atoms with E-state index in [1.165, 1.54) is 0 Å². The zero-order valence-corrected chi connectivity index (χ0v) is 20.0. The number of hydrogen-bond donors (Lipinski definition) is 1. The van der Waals surface area contributed by atoms with Gasteiger partial charge in [0.05, 0.1) is 4.90 Å². The van der Waals surface area contributed by atoms with E-state index >= 15 is 0 Å². The predicted octanol–water partition coefficient (Wildman–Crippen LogP) is 4.13. The Morgan fingerprint density at radius 1 is 0.935 bits per heavy atom. The summed E-state index contributed by atoms with van der Waals surface area (Å²) >= 11 is 0. The summed E-state index contributed by atoms with van der Waals surface area (Å²) in [7, 11) is -1.64. The van der Waals surface area contributed by atoms with E-state index in [4.69, 9.17) is 4.98 Å². The van der Waals surface area contributed by atoms with Crippen LogP contribution in [0, 0.1) is 20.8 Å². The van der Waals surface area contributed by atoms with E-state index in [-0.39, 0.29) is 12.4 Å². The molecule has 0 bridgehead atoms. The Bertz CT molecular complexity index is 1180. The van der Waals surface area contributed by atoms with Crippen LogP contribution in [0.25, 0.3) is 10.8 Å². The molecule has 1 saturated heterocycles. The van der Waals surface area contributed by atoms with Crippen LogP contribution < -0.4 is 9.62 Å². The quantitative estimate of drug-likeness (QED) is 0.634. The Morgan fingerprint density at radius 2 is 1.55 bits per heavy atom. The standard InChI is InChI=1S/C23H28N4O2S.ClH/c1-16-13-17(2)22(18(3)14-16)30(28,29)25-21-15-19-7-5-6-8-20(19)23(24-21)27-11-9-26(4)10-12-27;/h5-8,13-15H,9-12H2,1-4H3,(H,24,25);1H. The van der Waals surface area contributed by atoms with Crippen molar-refractivity contribution in [2.45, 2.75) is 25.7 Å². The number of anilines is 2. The van der Waals surface area contributed by atoms with E-state index in [0.717, 1.165) is 59.5 Å². The number of rotatable bonds is 4. The van der Waals surface area contributed by atoms with Crippen LogP contribution in [0.2, 0.25) is 0 Å². The van der Waals surface area contributed by atoms with Gasteiger partial charge in [-0.25, -0.2) is 13.4 Å². The van der Waals surface area contributed by atoms with E-state index in [9.17, 15) is 8.42 Å². The largest absolute Gasteiger partial charge is 0.353 e. The molecule has 1 N–H and O–H groups in total. The Hall–Kier alpha value is -2.35. The number of benzene rings is 2. The number of likely N-dealkylation sites (N-methyl/N-ethyl adjacent to an activating group) is 1. The second-order valence-corrected chi connectivity index (χ2v) is 9.80. The lowest BCUT2D eigenvalue weighted by molar-refractivity contribution is 0.312. The van der Waals surface area contributed by atoms with E-state index in [2.05, 4.69) is 21.6 Å². The van der Waals surface area contributed by atoms with Gasteiger partial charge < -0.3 is 9.80 Å². The van der Waals surface area contributed by atoms with Crippen LogP contribution in [-0.4, -0.2) is 51.5 Å². The molecule has 1 aliphatic heterocycles. The van der Waals surface area contributed by atoms with Crippen molar-refractivity contribution in [1.82, 2.24) is 9.88 Å². The first-order chi connectivity index (χ1) is 14.2. The number of fused-ring (bicyclic) bond motifs is 1. The Morgan fingerprint density at radius 3 is 2.19 bits per heavy atom. The fourth-order valence-corrected chi connectivity index (χ4v) is 5.72. The molecule has 3 aromatic rings. The molecule has 2 heterocycles. The van der Waals surface area contributed by atoms with Crippen LogP contribution in [0.1, 0.15) is 16.7 Å². The van der Waals surface area contributed by atoms with E-state index in [0.29, 0.717) is 10.7 Å². The smallest absolute Gasteiger partial charge is 0.263 e. The van der Waals surface area contributed by atoms with Gasteiger partial charge in [-0.15, -0.1) is 12.4 Å². The van der Waals surface area contributed by atoms with Gasteiger partial charge in [0.2, 0.25) is 0 Å². The third-order valence-corrected chi connectivity index (χ3v) is 7.29. The second kappa shape index (κ2) is 9.02. The van der Waals surface area contributed by atoms with Crippen molar-refractivity contribution in [3.63, 3.8) is 0 Å². The van der Waals surface area contributed by atoms with Gasteiger partial charge in [0, 0.05) is 31.6 Å². The number of piperazine rings is 1. The predicted molar refractivity (Wildman–Crippen MR) is 130 cm³/mol. The summed E-state index contributed by atoms with van der Waals surface area (Å²) in [5, 5.41) is 2.00. The van der Waals surface area contributed by atoms with E-state index in [1.807, 2.05) is 63.2 Å². The molecule has 31 heavy (non-hydrogen) atoms. The van der Waals surface area contributed by atoms with Gasteiger partial charge >= 0.3 is 0 Å². The number of nitrogens with one attached hydrogen (secondary N) is 1. The number of sulfonamides is 1. The number of halogens is 1. The van der Waals surface area contributed by atoms with Crippen LogP contribution in [-0.2, 0) is 10.0 Å². The summed E-state index contributed by atoms with van der Waals surface area (Å²) in [6, 6.07) is 13.6. The summed E-state index contributed by atoms with van der Waals surface area (Å²) in [6.45, 7) is 9.26. The fourth-order valence-electron chi connectivity index (χ4n) is 4.27. The molecule has 1 aliphatic rings. The highest BCUT2D eigenvalue weighted by Gasteiger charge is 2.23. The first-order valence-corrected chi connectivity index (χ1v) is 11.7. The average Bonchev–Trinajstić information content (AvgIpc) is 2.66. The molecule has 0 spiro atoms. The molecule has 0 atom stereocenters. The topological polar surface area (TPSA) is 65.5 Å². The SMILES string of the molecule is Cc1cc(C)c(S(=O)(=O)Nc2cc3ccccc3c(N3CCN(C)CC3)n2)c(C)c1.Cl. The summed E-state index contributed by atoms with van der Waals surface area (Å²) in [5.41, 5.74) is 2.52. The third-order valence-electron chi connectivity index (χ3n) is 5.64. The molecule has 166 valence electrons. The second-order valence-electron chi connectivity index (χ2n) is 8.18. The molecule has 0 radical (unpaired) electrons. The molecule has 1 fully saturated rings. The highest BCUT2D eigenvalue weighted by atomic mass is 35.5. The molecule has 0 aliphatic carbocycles. The van der Waals surface area contributed by atoms with E-state index < -0.39 is 10.0 Å². The lowest BCUT2D eigenvalue weighted by Gasteiger charge is -2.34. The van der Waals surface area contributed by atoms with E-state index in [1.54, 1.807) is 0 Å². The summed E-state index contributed by atoms with van der Waals surface area (Å²) < 4.78 is 29.2. The Kier molecular flexibility index (Phi) is 6.79. The lowest BCUT2D eigenvalue weighted by atomic mass is 10.1. The van der Waals surface area contributed by atoms with Crippen molar-refractivity contribution in [2.75, 3.05) is 42.8 Å². The first-order valence-electron chi connectivity index (χ1n) is 10.2. The van der Waals surface area contributed by atoms with Gasteiger partial charge in [0.15, 0.2) is 0 Å². The molecule has 2 aromatic carbocycles. The van der Waals surface area contributed by atoms with Crippen molar-refractivity contribution < 1.29 is 8.42 Å². The zero-order chi connectivity index (χ0) is 21.5. The lowest BCUT2D eigenvalue weighted by Crippen LogP contribution is -2.45. The van der Waals surface area contributed by atoms with Crippen LogP contribution in [0.5, 0.6) is 0 Å². The van der Waals surface area contributed by atoms with Crippen LogP contribution in [0.4, 0.5) is 11.6 Å². The molecular weight excluding hydrogens is 432 g/mol. The number of aromatic nitrogens is 1. The van der Waals surface area contributed by atoms with Crippen molar-refractivity contribution in [2.24, 2.45) is 0 Å². The summed E-state index contributed by atoms with van der Waals surface area (Å²) in [4.78, 5) is 9.60. The number of aryl methyl sites for hydroxylation is 3. The van der Waals surface area contributed by atoms with Crippen molar-refractivity contribution >= 4 is 44.8 Å². The Labute approximate surface area is 190 Å². The molecule has 6 nitrogen and oxygen atoms in total. The maximum absolute atomic E-state index is 13.2. The maximum Gasteiger partial charge on any atom is 0.263 e. The molecule has 0 amide bonds. The summed E-state index contributed by atoms with van der Waals surface area (Å²) in [5.74, 6) is 1.18. The summed E-state index contributed by atoms with van der Waals surface area (Å²) in [6.07, 6.45) is 0. The maximum atomic E-state index is 13.2. The number of hydrogen-bond acceptors (Lipinski definition) is 5. The van der Waals surface area contributed by atoms with Gasteiger partial charge in [-0.1, -0.05) is 42.0 Å². The molecule has 4 rings (SSSR count). The molecular formula is C23H29ClN4O2S. The molecule has 0 saturated carbocycles. The molecule has 1 aromatic heterocycles. The van der Waals surface area contributed by atoms with Gasteiger partial charge in [0.25, 0.3) is 10.0 Å². The van der Waals surface area contributed by atoms with Gasteiger partial charge in [-0.2, -0.15) is 0 Å². The average molecular weight is 461 g/mol. The third kappa shape index (κ3) is 4.79. The van der Waals surface area contributed by atoms with Crippen LogP contribution in [0.15, 0.2) is 47.4 Å². The first kappa shape index (κ1) is 23.3. The highest BCUT2D eigenvalue weighted by Crippen LogP contribution is 2.30. The monoisotopic (exact) mass is 460 g/mol. The number of pyridine rings is 1. The molecule has 8 heteroatoms. The van der Waals surface area contributed by atoms with Crippen molar-refractivity contribution in [3.8, 4) is 0 Å². The van der Waals surface area contributed by atoms with Crippen molar-refractivity contribution in [3.05, 3.63) is 59.2 Å². The minimum atomic E-state index is -3.76. The number of nitrogens with zero attached hydrogens (tertiary/aromatic N) is 3. The van der Waals surface area contributed by atoms with Crippen molar-refractivity contribution in [1.29, 1.82) is 0 Å². The van der Waals surface area contributed by atoms with Gasteiger partial charge in [-0.3, -0.25) is 4.72 Å². The molecule has 0 unspecified atom stereocenters. The minimum absolute atomic E-state index is 0. The minimum Gasteiger partial charge on any atom is -0.353 e. The fraction of sp³-hybridized carbons (Fsp3) is 0.348. The zero-order valence-electron chi connectivity index (χ0n) is 18.3. The van der Waals surface area contributed by atoms with Crippen LogP contribution in [0.3, 0.4) is 0 Å².